The van der Waals surface area contributed by atoms with Gasteiger partial charge in [-0.25, -0.2) is 0 Å². The van der Waals surface area contributed by atoms with Gasteiger partial charge in [0.2, 0.25) is 0 Å². The minimum Gasteiger partial charge on any atom is -0.496 e. The lowest BCUT2D eigenvalue weighted by molar-refractivity contribution is 0.412. The number of nitrogens with one attached hydrogen (secondary N) is 1. The Balaban J connectivity index is 2.42. The molecular weight excluding hydrogens is 378 g/mol. The molecule has 0 spiro atoms. The first-order chi connectivity index (χ1) is 8.65. The summed E-state index contributed by atoms with van der Waals surface area (Å²) in [7, 11) is 3.64. The van der Waals surface area contributed by atoms with E-state index in [1.165, 1.54) is 9.75 Å². The predicted molar refractivity (Wildman–Crippen MR) is 84.5 cm³/mol. The van der Waals surface area contributed by atoms with Gasteiger partial charge in [0.15, 0.2) is 0 Å². The second kappa shape index (κ2) is 6.19. The van der Waals surface area contributed by atoms with Crippen molar-refractivity contribution in [2.45, 2.75) is 6.54 Å². The van der Waals surface area contributed by atoms with E-state index >= 15 is 0 Å². The Morgan fingerprint density at radius 3 is 2.67 bits per heavy atom. The molecule has 18 heavy (non-hydrogen) atoms. The normalized spacial score (nSPS) is 10.7. The molecule has 2 rings (SSSR count). The highest BCUT2D eigenvalue weighted by Crippen LogP contribution is 2.39. The van der Waals surface area contributed by atoms with Crippen LogP contribution in [-0.2, 0) is 6.54 Å². The summed E-state index contributed by atoms with van der Waals surface area (Å²) in [5.41, 5.74) is 1.16. The van der Waals surface area contributed by atoms with E-state index in [9.17, 15) is 0 Å². The van der Waals surface area contributed by atoms with Crippen LogP contribution in [0.1, 0.15) is 4.88 Å². The van der Waals surface area contributed by atoms with Gasteiger partial charge in [0.05, 0.1) is 11.6 Å². The van der Waals surface area contributed by atoms with Crippen molar-refractivity contribution in [3.63, 3.8) is 0 Å². The molecule has 0 saturated carbocycles. The van der Waals surface area contributed by atoms with Gasteiger partial charge in [-0.05, 0) is 47.2 Å². The quantitative estimate of drug-likeness (QED) is 0.818. The first kappa shape index (κ1) is 14.1. The third-order valence-corrected chi connectivity index (χ3v) is 4.91. The number of hydrogen-bond acceptors (Lipinski definition) is 3. The number of rotatable bonds is 4. The Kier molecular flexibility index (Phi) is 4.84. The molecule has 2 aromatic rings. The fourth-order valence-corrected chi connectivity index (χ4v) is 4.22. The second-order valence-corrected chi connectivity index (χ2v) is 6.64. The van der Waals surface area contributed by atoms with Gasteiger partial charge < -0.3 is 10.1 Å². The van der Waals surface area contributed by atoms with Crippen LogP contribution in [0, 0.1) is 0 Å². The topological polar surface area (TPSA) is 21.3 Å². The fraction of sp³-hybridized carbons (Fsp3) is 0.231. The first-order valence-electron chi connectivity index (χ1n) is 5.42. The maximum atomic E-state index is 5.34. The molecule has 0 amide bonds. The van der Waals surface area contributed by atoms with Crippen LogP contribution in [0.2, 0.25) is 0 Å². The Labute approximate surface area is 128 Å². The largest absolute Gasteiger partial charge is 0.496 e. The van der Waals surface area contributed by atoms with E-state index in [4.69, 9.17) is 4.74 Å². The zero-order chi connectivity index (χ0) is 13.1. The van der Waals surface area contributed by atoms with E-state index in [-0.39, 0.29) is 0 Å². The summed E-state index contributed by atoms with van der Waals surface area (Å²) in [6.07, 6.45) is 0. The van der Waals surface area contributed by atoms with Crippen molar-refractivity contribution >= 4 is 43.2 Å². The van der Waals surface area contributed by atoms with Crippen molar-refractivity contribution in [1.29, 1.82) is 0 Å². The van der Waals surface area contributed by atoms with Crippen molar-refractivity contribution < 1.29 is 4.74 Å². The van der Waals surface area contributed by atoms with Crippen LogP contribution in [0.3, 0.4) is 0 Å². The standard InChI is InChI=1S/C13H13Br2NOS/c1-16-7-8-3-4-13(18-8)9-5-12(17-2)11(15)6-10(9)14/h3-6,16H,7H2,1-2H3. The molecule has 1 N–H and O–H groups in total. The van der Waals surface area contributed by atoms with Gasteiger partial charge in [0.25, 0.3) is 0 Å². The monoisotopic (exact) mass is 389 g/mol. The molecule has 0 saturated heterocycles. The Morgan fingerprint density at radius 2 is 2.00 bits per heavy atom. The van der Waals surface area contributed by atoms with Gasteiger partial charge in [-0.1, -0.05) is 15.9 Å². The van der Waals surface area contributed by atoms with Crippen molar-refractivity contribution in [2.75, 3.05) is 14.2 Å². The molecular formula is C13H13Br2NOS. The van der Waals surface area contributed by atoms with Crippen molar-refractivity contribution in [2.24, 2.45) is 0 Å². The maximum Gasteiger partial charge on any atom is 0.133 e. The molecule has 1 heterocycles. The van der Waals surface area contributed by atoms with Gasteiger partial charge in [-0.3, -0.25) is 0 Å². The molecule has 0 radical (unpaired) electrons. The minimum atomic E-state index is 0.844. The summed E-state index contributed by atoms with van der Waals surface area (Å²) in [4.78, 5) is 2.55. The van der Waals surface area contributed by atoms with Crippen molar-refractivity contribution in [1.82, 2.24) is 5.32 Å². The summed E-state index contributed by atoms with van der Waals surface area (Å²) >= 11 is 8.87. The Hall–Kier alpha value is -0.360. The summed E-state index contributed by atoms with van der Waals surface area (Å²) in [6, 6.07) is 8.36. The van der Waals surface area contributed by atoms with E-state index in [1.54, 1.807) is 18.4 Å². The highest BCUT2D eigenvalue weighted by molar-refractivity contribution is 9.11. The summed E-state index contributed by atoms with van der Waals surface area (Å²) in [6.45, 7) is 0.899. The zero-order valence-electron chi connectivity index (χ0n) is 10.1. The molecule has 0 fully saturated rings. The zero-order valence-corrected chi connectivity index (χ0v) is 14.1. The van der Waals surface area contributed by atoms with Gasteiger partial charge >= 0.3 is 0 Å². The van der Waals surface area contributed by atoms with Gasteiger partial charge in [-0.2, -0.15) is 0 Å². The lowest BCUT2D eigenvalue weighted by Gasteiger charge is -2.08. The smallest absolute Gasteiger partial charge is 0.133 e. The lowest BCUT2D eigenvalue weighted by atomic mass is 10.2. The first-order valence-corrected chi connectivity index (χ1v) is 7.82. The van der Waals surface area contributed by atoms with E-state index in [1.807, 2.05) is 19.2 Å². The second-order valence-electron chi connectivity index (χ2n) is 3.76. The van der Waals surface area contributed by atoms with Crippen molar-refractivity contribution in [3.05, 3.63) is 38.1 Å². The van der Waals surface area contributed by atoms with Crippen LogP contribution in [0.4, 0.5) is 0 Å². The highest BCUT2D eigenvalue weighted by atomic mass is 79.9. The van der Waals surface area contributed by atoms with Crippen LogP contribution >= 0.6 is 43.2 Å². The third kappa shape index (κ3) is 2.96. The molecule has 1 aromatic heterocycles. The molecule has 96 valence electrons. The van der Waals surface area contributed by atoms with Crippen LogP contribution in [0.5, 0.6) is 5.75 Å². The number of methoxy groups -OCH3 is 1. The van der Waals surface area contributed by atoms with E-state index in [0.717, 1.165) is 26.8 Å². The molecule has 0 unspecified atom stereocenters. The van der Waals surface area contributed by atoms with Gasteiger partial charge in [-0.15, -0.1) is 11.3 Å². The molecule has 0 aliphatic heterocycles. The minimum absolute atomic E-state index is 0.844. The average Bonchev–Trinajstić information content (AvgIpc) is 2.78. The Morgan fingerprint density at radius 1 is 1.22 bits per heavy atom. The molecule has 0 bridgehead atoms. The Bertz CT molecular complexity index is 554. The van der Waals surface area contributed by atoms with E-state index < -0.39 is 0 Å². The van der Waals surface area contributed by atoms with E-state index in [2.05, 4.69) is 49.3 Å². The summed E-state index contributed by atoms with van der Waals surface area (Å²) < 4.78 is 7.36. The lowest BCUT2D eigenvalue weighted by Crippen LogP contribution is -2.02. The average molecular weight is 391 g/mol. The van der Waals surface area contributed by atoms with E-state index in [0.29, 0.717) is 0 Å². The van der Waals surface area contributed by atoms with Crippen LogP contribution in [0.15, 0.2) is 33.2 Å². The third-order valence-electron chi connectivity index (χ3n) is 2.52. The molecule has 2 nitrogen and oxygen atoms in total. The van der Waals surface area contributed by atoms with Gasteiger partial charge in [0, 0.05) is 26.3 Å². The molecule has 0 aliphatic rings. The van der Waals surface area contributed by atoms with Crippen molar-refractivity contribution in [3.8, 4) is 16.2 Å². The number of hydrogen-bond donors (Lipinski definition) is 1. The predicted octanol–water partition coefficient (Wildman–Crippen LogP) is 4.67. The molecule has 0 aliphatic carbocycles. The summed E-state index contributed by atoms with van der Waals surface area (Å²) in [5, 5.41) is 3.16. The highest BCUT2D eigenvalue weighted by Gasteiger charge is 2.11. The van der Waals surface area contributed by atoms with Gasteiger partial charge in [0.1, 0.15) is 5.75 Å². The molecule has 1 aromatic carbocycles. The molecule has 5 heteroatoms. The number of thiophene rings is 1. The number of halogens is 2. The van der Waals surface area contributed by atoms with Crippen LogP contribution < -0.4 is 10.1 Å². The summed E-state index contributed by atoms with van der Waals surface area (Å²) in [5.74, 6) is 0.844. The SMILES string of the molecule is CNCc1ccc(-c2cc(OC)c(Br)cc2Br)s1. The molecule has 0 atom stereocenters. The number of ether oxygens (including phenoxy) is 1. The number of benzene rings is 1. The van der Waals surface area contributed by atoms with Crippen LogP contribution in [0.25, 0.3) is 10.4 Å². The fourth-order valence-electron chi connectivity index (χ4n) is 1.67. The maximum absolute atomic E-state index is 5.34. The van der Waals surface area contributed by atoms with Crippen LogP contribution in [-0.4, -0.2) is 14.2 Å².